The molecule has 0 radical (unpaired) electrons. The van der Waals surface area contributed by atoms with Crippen molar-refractivity contribution in [2.75, 3.05) is 4.90 Å². The van der Waals surface area contributed by atoms with E-state index in [2.05, 4.69) is 118 Å². The van der Waals surface area contributed by atoms with E-state index < -0.39 is 0 Å². The second-order valence-electron chi connectivity index (χ2n) is 10.4. The highest BCUT2D eigenvalue weighted by molar-refractivity contribution is 6.07. The van der Waals surface area contributed by atoms with Crippen LogP contribution in [0.5, 0.6) is 0 Å². The highest BCUT2D eigenvalue weighted by Crippen LogP contribution is 2.48. The number of nitrogens with zero attached hydrogens (tertiary/aromatic N) is 6. The lowest BCUT2D eigenvalue weighted by atomic mass is 10.0. The summed E-state index contributed by atoms with van der Waals surface area (Å²) in [5.74, 6) is 1.87. The predicted octanol–water partition coefficient (Wildman–Crippen LogP) is 8.39. The number of aryl methyl sites for hydroxylation is 1. The number of aromatic nitrogens is 5. The molecule has 6 nitrogen and oxygen atoms in total. The van der Waals surface area contributed by atoms with Crippen LogP contribution >= 0.6 is 0 Å². The Kier molecular flexibility index (Phi) is 4.50. The summed E-state index contributed by atoms with van der Waals surface area (Å²) in [6.45, 7) is 2.17. The summed E-state index contributed by atoms with van der Waals surface area (Å²) in [7, 11) is 0. The molecule has 0 saturated carbocycles. The van der Waals surface area contributed by atoms with Gasteiger partial charge in [-0.1, -0.05) is 61.5 Å². The number of rotatable bonds is 3. The minimum absolute atomic E-state index is 0.807. The van der Waals surface area contributed by atoms with Gasteiger partial charge in [0, 0.05) is 23.1 Å². The molecule has 9 rings (SSSR count). The van der Waals surface area contributed by atoms with Gasteiger partial charge in [-0.15, -0.1) is 0 Å². The third kappa shape index (κ3) is 2.99. The maximum atomic E-state index is 5.32. The Morgan fingerprint density at radius 1 is 0.610 bits per heavy atom. The van der Waals surface area contributed by atoms with Crippen molar-refractivity contribution in [2.45, 2.75) is 13.3 Å². The minimum atomic E-state index is 0.807. The van der Waals surface area contributed by atoms with Crippen LogP contribution < -0.4 is 4.90 Å². The summed E-state index contributed by atoms with van der Waals surface area (Å²) in [4.78, 5) is 18.0. The number of fused-ring (bicyclic) bond motifs is 7. The molecule has 0 unspecified atom stereocenters. The molecule has 0 bridgehead atoms. The Balaban J connectivity index is 1.44. The van der Waals surface area contributed by atoms with Crippen molar-refractivity contribution in [3.8, 4) is 17.1 Å². The van der Waals surface area contributed by atoms with Crippen molar-refractivity contribution in [3.05, 3.63) is 121 Å². The molecule has 0 spiro atoms. The quantitative estimate of drug-likeness (QED) is 0.231. The molecule has 4 heterocycles. The van der Waals surface area contributed by atoms with Crippen molar-refractivity contribution in [3.63, 3.8) is 0 Å². The fraction of sp³-hybridized carbons (Fsp3) is 0.0571. The Morgan fingerprint density at radius 2 is 1.34 bits per heavy atom. The summed E-state index contributed by atoms with van der Waals surface area (Å²) in [5.41, 5.74) is 11.3. The molecule has 0 fully saturated rings. The van der Waals surface area contributed by atoms with Gasteiger partial charge in [-0.25, -0.2) is 15.0 Å². The van der Waals surface area contributed by atoms with Crippen molar-refractivity contribution >= 4 is 55.7 Å². The Labute approximate surface area is 235 Å². The number of anilines is 3. The van der Waals surface area contributed by atoms with Gasteiger partial charge in [0.25, 0.3) is 0 Å². The van der Waals surface area contributed by atoms with Crippen molar-refractivity contribution in [1.29, 1.82) is 0 Å². The van der Waals surface area contributed by atoms with Gasteiger partial charge >= 0.3 is 0 Å². The number of hydrogen-bond donors (Lipinski definition) is 0. The average molecular weight is 529 g/mol. The SMILES string of the molecule is CCc1nc2c(-c3nc4ccccc4c4nc5ccccc5n34)ccc3c2n1-c1ccccc1N3c1ccccc1. The van der Waals surface area contributed by atoms with E-state index in [1.165, 1.54) is 0 Å². The zero-order valence-electron chi connectivity index (χ0n) is 22.4. The standard InChI is InChI=1S/C35H24N6/c1-2-31-38-32-24(35-36-25-15-7-6-14-23(25)34-37-26-16-8-9-17-27(26)41(34)35)20-21-30-33(32)40(31)29-19-11-10-18-28(29)39(30)22-12-4-3-5-13-22/h3-21H,2H2,1H3. The van der Waals surface area contributed by atoms with Gasteiger partial charge in [-0.05, 0) is 60.7 Å². The Morgan fingerprint density at radius 3 is 2.20 bits per heavy atom. The largest absolute Gasteiger partial charge is 0.306 e. The first-order valence-electron chi connectivity index (χ1n) is 14.0. The molecular weight excluding hydrogens is 504 g/mol. The van der Waals surface area contributed by atoms with Gasteiger partial charge in [-0.3, -0.25) is 8.97 Å². The zero-order chi connectivity index (χ0) is 27.1. The summed E-state index contributed by atoms with van der Waals surface area (Å²) in [6.07, 6.45) is 0.807. The van der Waals surface area contributed by atoms with Crippen LogP contribution in [-0.2, 0) is 6.42 Å². The average Bonchev–Trinajstić information content (AvgIpc) is 3.62. The van der Waals surface area contributed by atoms with Crippen molar-refractivity contribution < 1.29 is 0 Å². The monoisotopic (exact) mass is 528 g/mol. The summed E-state index contributed by atoms with van der Waals surface area (Å²) >= 11 is 0. The molecule has 1 aliphatic heterocycles. The fourth-order valence-corrected chi connectivity index (χ4v) is 6.42. The summed E-state index contributed by atoms with van der Waals surface area (Å²) < 4.78 is 4.54. The second-order valence-corrected chi connectivity index (χ2v) is 10.4. The molecule has 0 saturated heterocycles. The molecule has 8 aromatic rings. The lowest BCUT2D eigenvalue weighted by Crippen LogP contribution is -2.19. The van der Waals surface area contributed by atoms with Gasteiger partial charge in [0.05, 0.1) is 39.1 Å². The van der Waals surface area contributed by atoms with Crippen LogP contribution in [0.15, 0.2) is 115 Å². The van der Waals surface area contributed by atoms with Crippen LogP contribution in [0.25, 0.3) is 55.7 Å². The lowest BCUT2D eigenvalue weighted by molar-refractivity contribution is 0.900. The summed E-state index contributed by atoms with van der Waals surface area (Å²) in [5, 5.41) is 1.03. The number of hydrogen-bond acceptors (Lipinski definition) is 4. The highest BCUT2D eigenvalue weighted by Gasteiger charge is 2.30. The van der Waals surface area contributed by atoms with Gasteiger partial charge in [0.15, 0.2) is 0 Å². The van der Waals surface area contributed by atoms with Crippen LogP contribution in [0.1, 0.15) is 12.7 Å². The van der Waals surface area contributed by atoms with Gasteiger partial charge in [0.1, 0.15) is 22.8 Å². The second kappa shape index (κ2) is 8.26. The van der Waals surface area contributed by atoms with E-state index in [1.807, 2.05) is 18.2 Å². The molecule has 41 heavy (non-hydrogen) atoms. The van der Waals surface area contributed by atoms with Crippen LogP contribution in [0.4, 0.5) is 17.1 Å². The molecule has 0 N–H and O–H groups in total. The van der Waals surface area contributed by atoms with Gasteiger partial charge < -0.3 is 4.90 Å². The van der Waals surface area contributed by atoms with E-state index in [0.717, 1.165) is 85.0 Å². The van der Waals surface area contributed by atoms with Crippen molar-refractivity contribution in [2.24, 2.45) is 0 Å². The number of imidazole rings is 2. The maximum absolute atomic E-state index is 5.32. The third-order valence-electron chi connectivity index (χ3n) is 8.17. The third-order valence-corrected chi connectivity index (χ3v) is 8.17. The van der Waals surface area contributed by atoms with Crippen LogP contribution in [0.2, 0.25) is 0 Å². The number of para-hydroxylation sites is 6. The fourth-order valence-electron chi connectivity index (χ4n) is 6.42. The molecule has 3 aromatic heterocycles. The maximum Gasteiger partial charge on any atom is 0.149 e. The van der Waals surface area contributed by atoms with Crippen LogP contribution in [-0.4, -0.2) is 23.9 Å². The van der Waals surface area contributed by atoms with Crippen molar-refractivity contribution in [1.82, 2.24) is 23.9 Å². The minimum Gasteiger partial charge on any atom is -0.306 e. The first-order valence-corrected chi connectivity index (χ1v) is 14.0. The van der Waals surface area contributed by atoms with E-state index in [-0.39, 0.29) is 0 Å². The highest BCUT2D eigenvalue weighted by atomic mass is 15.2. The van der Waals surface area contributed by atoms with Gasteiger partial charge in [0.2, 0.25) is 0 Å². The molecule has 194 valence electrons. The smallest absolute Gasteiger partial charge is 0.149 e. The topological polar surface area (TPSA) is 51.2 Å². The predicted molar refractivity (Wildman–Crippen MR) is 166 cm³/mol. The Bertz CT molecular complexity index is 2310. The van der Waals surface area contributed by atoms with E-state index in [4.69, 9.17) is 15.0 Å². The van der Waals surface area contributed by atoms with E-state index in [1.54, 1.807) is 0 Å². The Hall–Kier alpha value is -5.49. The first-order chi connectivity index (χ1) is 20.3. The normalized spacial score (nSPS) is 12.6. The van der Waals surface area contributed by atoms with E-state index in [0.29, 0.717) is 0 Å². The van der Waals surface area contributed by atoms with Crippen LogP contribution in [0.3, 0.4) is 0 Å². The molecule has 0 amide bonds. The first kappa shape index (κ1) is 22.3. The van der Waals surface area contributed by atoms with E-state index in [9.17, 15) is 0 Å². The molecule has 5 aromatic carbocycles. The summed E-state index contributed by atoms with van der Waals surface area (Å²) in [6, 6.07) is 40.1. The number of benzene rings is 5. The lowest BCUT2D eigenvalue weighted by Gasteiger charge is -2.33. The van der Waals surface area contributed by atoms with Crippen LogP contribution in [0, 0.1) is 0 Å². The molecule has 6 heteroatoms. The molecule has 1 aliphatic rings. The van der Waals surface area contributed by atoms with Gasteiger partial charge in [-0.2, -0.15) is 0 Å². The van der Waals surface area contributed by atoms with E-state index >= 15 is 0 Å². The molecule has 0 atom stereocenters. The zero-order valence-corrected chi connectivity index (χ0v) is 22.4. The molecular formula is C35H24N6. The molecule has 0 aliphatic carbocycles.